The third-order valence-electron chi connectivity index (χ3n) is 2.49. The molecule has 0 aromatic carbocycles. The van der Waals surface area contributed by atoms with Crippen molar-refractivity contribution >= 4 is 0 Å². The molecule has 4 heteroatoms. The highest BCUT2D eigenvalue weighted by Gasteiger charge is 2.20. The second-order valence-corrected chi connectivity index (χ2v) is 4.17. The molecule has 0 spiro atoms. The molecule has 1 saturated carbocycles. The average Bonchev–Trinajstić information content (AvgIpc) is 3.11. The number of hydrogen-bond acceptors (Lipinski definition) is 4. The molecular weight excluding hydrogens is 202 g/mol. The summed E-state index contributed by atoms with van der Waals surface area (Å²) >= 11 is 0. The van der Waals surface area contributed by atoms with E-state index in [1.165, 1.54) is 12.8 Å². The zero-order chi connectivity index (χ0) is 11.2. The third kappa shape index (κ3) is 3.87. The van der Waals surface area contributed by atoms with Gasteiger partial charge in [0.05, 0.1) is 5.69 Å². The largest absolute Gasteiger partial charge is 0.373 e. The van der Waals surface area contributed by atoms with E-state index < -0.39 is 0 Å². The molecule has 0 saturated heterocycles. The molecule has 0 amide bonds. The zero-order valence-electron chi connectivity index (χ0n) is 9.78. The molecule has 1 aromatic rings. The van der Waals surface area contributed by atoms with Crippen LogP contribution in [0.2, 0.25) is 0 Å². The molecule has 0 unspecified atom stereocenters. The molecule has 4 nitrogen and oxygen atoms in total. The van der Waals surface area contributed by atoms with Gasteiger partial charge in [-0.1, -0.05) is 6.92 Å². The molecule has 16 heavy (non-hydrogen) atoms. The lowest BCUT2D eigenvalue weighted by Gasteiger charge is -2.05. The van der Waals surface area contributed by atoms with Gasteiger partial charge in [0.2, 0.25) is 0 Å². The summed E-state index contributed by atoms with van der Waals surface area (Å²) in [7, 11) is 0. The first-order valence-electron chi connectivity index (χ1n) is 6.00. The standard InChI is InChI=1S/C12H19N3O/c1-2-7-16-9-12-13-6-5-11(15-12)8-14-10-3-4-10/h5-6,10,14H,2-4,7-9H2,1H3. The Kier molecular flexibility index (Phi) is 4.25. The van der Waals surface area contributed by atoms with Crippen LogP contribution in [0.25, 0.3) is 0 Å². The van der Waals surface area contributed by atoms with Crippen molar-refractivity contribution in [3.8, 4) is 0 Å². The number of aromatic nitrogens is 2. The first-order valence-corrected chi connectivity index (χ1v) is 6.00. The van der Waals surface area contributed by atoms with Gasteiger partial charge in [0.1, 0.15) is 6.61 Å². The van der Waals surface area contributed by atoms with Gasteiger partial charge in [0, 0.05) is 25.4 Å². The highest BCUT2D eigenvalue weighted by atomic mass is 16.5. The van der Waals surface area contributed by atoms with E-state index in [1.807, 2.05) is 12.3 Å². The van der Waals surface area contributed by atoms with E-state index in [2.05, 4.69) is 22.2 Å². The van der Waals surface area contributed by atoms with Gasteiger partial charge in [-0.2, -0.15) is 0 Å². The number of nitrogens with zero attached hydrogens (tertiary/aromatic N) is 2. The lowest BCUT2D eigenvalue weighted by molar-refractivity contribution is 0.116. The van der Waals surface area contributed by atoms with Gasteiger partial charge in [0.15, 0.2) is 5.82 Å². The van der Waals surface area contributed by atoms with Crippen molar-refractivity contribution in [2.24, 2.45) is 0 Å². The fraction of sp³-hybridized carbons (Fsp3) is 0.667. The van der Waals surface area contributed by atoms with Gasteiger partial charge >= 0.3 is 0 Å². The minimum atomic E-state index is 0.519. The summed E-state index contributed by atoms with van der Waals surface area (Å²) < 4.78 is 5.42. The Morgan fingerprint density at radius 2 is 2.38 bits per heavy atom. The molecule has 1 aromatic heterocycles. The predicted octanol–water partition coefficient (Wildman–Crippen LogP) is 1.66. The monoisotopic (exact) mass is 221 g/mol. The van der Waals surface area contributed by atoms with Crippen LogP contribution in [0.3, 0.4) is 0 Å². The molecular formula is C12H19N3O. The van der Waals surface area contributed by atoms with Gasteiger partial charge in [-0.15, -0.1) is 0 Å². The molecule has 1 fully saturated rings. The fourth-order valence-corrected chi connectivity index (χ4v) is 1.45. The van der Waals surface area contributed by atoms with E-state index in [0.29, 0.717) is 6.61 Å². The van der Waals surface area contributed by atoms with Crippen molar-refractivity contribution in [2.75, 3.05) is 6.61 Å². The van der Waals surface area contributed by atoms with E-state index in [9.17, 15) is 0 Å². The van der Waals surface area contributed by atoms with E-state index in [0.717, 1.165) is 37.1 Å². The van der Waals surface area contributed by atoms with Crippen LogP contribution >= 0.6 is 0 Å². The maximum absolute atomic E-state index is 5.42. The van der Waals surface area contributed by atoms with Crippen molar-refractivity contribution in [3.63, 3.8) is 0 Å². The fourth-order valence-electron chi connectivity index (χ4n) is 1.45. The Bertz CT molecular complexity index is 326. The quantitative estimate of drug-likeness (QED) is 0.711. The number of nitrogens with one attached hydrogen (secondary N) is 1. The van der Waals surface area contributed by atoms with E-state index >= 15 is 0 Å². The van der Waals surface area contributed by atoms with Gasteiger partial charge in [-0.3, -0.25) is 0 Å². The summed E-state index contributed by atoms with van der Waals surface area (Å²) in [5, 5.41) is 3.44. The van der Waals surface area contributed by atoms with Crippen LogP contribution < -0.4 is 5.32 Å². The average molecular weight is 221 g/mol. The number of hydrogen-bond donors (Lipinski definition) is 1. The summed E-state index contributed by atoms with van der Waals surface area (Å²) in [6, 6.07) is 2.67. The Hall–Kier alpha value is -1.00. The molecule has 0 atom stereocenters. The Labute approximate surface area is 96.4 Å². The molecule has 2 rings (SSSR count). The summed E-state index contributed by atoms with van der Waals surface area (Å²) in [5.74, 6) is 0.781. The molecule has 1 heterocycles. The normalized spacial score (nSPS) is 15.3. The van der Waals surface area contributed by atoms with Crippen LogP contribution in [0.15, 0.2) is 12.3 Å². The molecule has 1 aliphatic carbocycles. The van der Waals surface area contributed by atoms with Gasteiger partial charge in [-0.05, 0) is 25.3 Å². The van der Waals surface area contributed by atoms with Crippen LogP contribution in [0, 0.1) is 0 Å². The van der Waals surface area contributed by atoms with E-state index in [4.69, 9.17) is 4.74 Å². The van der Waals surface area contributed by atoms with Crippen molar-refractivity contribution in [2.45, 2.75) is 45.4 Å². The minimum absolute atomic E-state index is 0.519. The van der Waals surface area contributed by atoms with Crippen LogP contribution in [0.1, 0.15) is 37.7 Å². The van der Waals surface area contributed by atoms with E-state index in [1.54, 1.807) is 0 Å². The zero-order valence-corrected chi connectivity index (χ0v) is 9.78. The lowest BCUT2D eigenvalue weighted by atomic mass is 10.4. The highest BCUT2D eigenvalue weighted by molar-refractivity contribution is 5.02. The maximum atomic E-state index is 5.42. The Morgan fingerprint density at radius 3 is 3.12 bits per heavy atom. The van der Waals surface area contributed by atoms with E-state index in [-0.39, 0.29) is 0 Å². The van der Waals surface area contributed by atoms with Crippen molar-refractivity contribution in [1.82, 2.24) is 15.3 Å². The summed E-state index contributed by atoms with van der Waals surface area (Å²) in [6.45, 7) is 4.23. The van der Waals surface area contributed by atoms with Crippen LogP contribution in [-0.4, -0.2) is 22.6 Å². The van der Waals surface area contributed by atoms with Gasteiger partial charge < -0.3 is 10.1 Å². The van der Waals surface area contributed by atoms with Crippen LogP contribution in [0.5, 0.6) is 0 Å². The predicted molar refractivity (Wildman–Crippen MR) is 61.8 cm³/mol. The van der Waals surface area contributed by atoms with Crippen molar-refractivity contribution in [3.05, 3.63) is 23.8 Å². The maximum Gasteiger partial charge on any atom is 0.154 e. The molecule has 1 N–H and O–H groups in total. The Balaban J connectivity index is 1.80. The topological polar surface area (TPSA) is 47.0 Å². The van der Waals surface area contributed by atoms with Crippen LogP contribution in [0.4, 0.5) is 0 Å². The molecule has 88 valence electrons. The summed E-state index contributed by atoms with van der Waals surface area (Å²) in [4.78, 5) is 8.64. The molecule has 0 radical (unpaired) electrons. The number of ether oxygens (including phenoxy) is 1. The van der Waals surface area contributed by atoms with Crippen LogP contribution in [-0.2, 0) is 17.9 Å². The second-order valence-electron chi connectivity index (χ2n) is 4.17. The number of rotatable bonds is 7. The summed E-state index contributed by atoms with van der Waals surface area (Å²) in [5.41, 5.74) is 1.05. The first kappa shape index (κ1) is 11.5. The molecule has 1 aliphatic rings. The minimum Gasteiger partial charge on any atom is -0.373 e. The highest BCUT2D eigenvalue weighted by Crippen LogP contribution is 2.18. The molecule has 0 aliphatic heterocycles. The lowest BCUT2D eigenvalue weighted by Crippen LogP contribution is -2.17. The van der Waals surface area contributed by atoms with Crippen molar-refractivity contribution in [1.29, 1.82) is 0 Å². The Morgan fingerprint density at radius 1 is 1.50 bits per heavy atom. The SMILES string of the molecule is CCCOCc1nccc(CNC2CC2)n1. The molecule has 0 bridgehead atoms. The second kappa shape index (κ2) is 5.92. The first-order chi connectivity index (χ1) is 7.88. The summed E-state index contributed by atoms with van der Waals surface area (Å²) in [6.07, 6.45) is 5.44. The van der Waals surface area contributed by atoms with Crippen molar-refractivity contribution < 1.29 is 4.74 Å². The smallest absolute Gasteiger partial charge is 0.154 e. The van der Waals surface area contributed by atoms with Gasteiger partial charge in [0.25, 0.3) is 0 Å². The van der Waals surface area contributed by atoms with Gasteiger partial charge in [-0.25, -0.2) is 9.97 Å². The third-order valence-corrected chi connectivity index (χ3v) is 2.49.